The van der Waals surface area contributed by atoms with Crippen LogP contribution in [0.25, 0.3) is 0 Å². The summed E-state index contributed by atoms with van der Waals surface area (Å²) in [6.45, 7) is 0.998. The summed E-state index contributed by atoms with van der Waals surface area (Å²) in [5.41, 5.74) is 2.18. The normalized spacial score (nSPS) is 21.9. The first-order valence-electron chi connectivity index (χ1n) is 4.21. The summed E-state index contributed by atoms with van der Waals surface area (Å²) in [7, 11) is 0. The van der Waals surface area contributed by atoms with Crippen molar-refractivity contribution in [3.05, 3.63) is 35.4 Å². The van der Waals surface area contributed by atoms with Gasteiger partial charge in [-0.3, -0.25) is 0 Å². The molecule has 1 atom stereocenters. The Kier molecular flexibility index (Phi) is 2.11. The minimum atomic E-state index is 0.117. The Morgan fingerprint density at radius 2 is 2.00 bits per heavy atom. The first-order chi connectivity index (χ1) is 5.90. The van der Waals surface area contributed by atoms with E-state index in [4.69, 9.17) is 9.84 Å². The summed E-state index contributed by atoms with van der Waals surface area (Å²) in [6, 6.07) is 7.93. The minimum absolute atomic E-state index is 0.117. The van der Waals surface area contributed by atoms with Crippen molar-refractivity contribution in [2.24, 2.45) is 0 Å². The Morgan fingerprint density at radius 1 is 1.33 bits per heavy atom. The third kappa shape index (κ3) is 1.36. The van der Waals surface area contributed by atoms with E-state index in [0.29, 0.717) is 6.10 Å². The van der Waals surface area contributed by atoms with Gasteiger partial charge in [-0.1, -0.05) is 24.3 Å². The van der Waals surface area contributed by atoms with E-state index in [0.717, 1.165) is 18.6 Å². The van der Waals surface area contributed by atoms with Crippen LogP contribution in [0.2, 0.25) is 0 Å². The van der Waals surface area contributed by atoms with Crippen molar-refractivity contribution in [2.75, 3.05) is 6.61 Å². The number of ether oxygens (including phenoxy) is 1. The topological polar surface area (TPSA) is 29.5 Å². The maximum atomic E-state index is 8.81. The second kappa shape index (κ2) is 3.25. The lowest BCUT2D eigenvalue weighted by molar-refractivity contribution is -0.0527. The van der Waals surface area contributed by atoms with Gasteiger partial charge in [-0.05, 0) is 11.1 Å². The molecule has 1 aromatic carbocycles. The van der Waals surface area contributed by atoms with Crippen LogP contribution in [0.15, 0.2) is 24.3 Å². The van der Waals surface area contributed by atoms with E-state index in [9.17, 15) is 0 Å². The van der Waals surface area contributed by atoms with E-state index in [1.807, 2.05) is 24.3 Å². The molecule has 2 rings (SSSR count). The first-order valence-corrected chi connectivity index (χ1v) is 4.21. The maximum absolute atomic E-state index is 8.81. The SMILES string of the molecule is OCc1ccc(C2CCO2)cc1. The Hall–Kier alpha value is -0.860. The molecule has 2 nitrogen and oxygen atoms in total. The highest BCUT2D eigenvalue weighted by atomic mass is 16.5. The van der Waals surface area contributed by atoms with Gasteiger partial charge in [0.25, 0.3) is 0 Å². The van der Waals surface area contributed by atoms with E-state index in [1.54, 1.807) is 0 Å². The van der Waals surface area contributed by atoms with Gasteiger partial charge in [0.05, 0.1) is 19.3 Å². The van der Waals surface area contributed by atoms with E-state index in [1.165, 1.54) is 5.56 Å². The standard InChI is InChI=1S/C10H12O2/c11-7-8-1-3-9(4-2-8)10-5-6-12-10/h1-4,10-11H,5-7H2. The zero-order valence-corrected chi connectivity index (χ0v) is 6.86. The second-order valence-electron chi connectivity index (χ2n) is 3.05. The van der Waals surface area contributed by atoms with Gasteiger partial charge in [0, 0.05) is 6.42 Å². The van der Waals surface area contributed by atoms with Crippen LogP contribution in [-0.2, 0) is 11.3 Å². The summed E-state index contributed by atoms with van der Waals surface area (Å²) in [5, 5.41) is 8.81. The molecule has 12 heavy (non-hydrogen) atoms. The van der Waals surface area contributed by atoms with Gasteiger partial charge in [-0.2, -0.15) is 0 Å². The average molecular weight is 164 g/mol. The molecule has 0 aliphatic carbocycles. The van der Waals surface area contributed by atoms with Crippen molar-refractivity contribution < 1.29 is 9.84 Å². The molecule has 1 N–H and O–H groups in total. The molecule has 1 saturated heterocycles. The molecule has 1 aliphatic rings. The molecular formula is C10H12O2. The fourth-order valence-corrected chi connectivity index (χ4v) is 1.34. The van der Waals surface area contributed by atoms with Gasteiger partial charge in [0.1, 0.15) is 0 Å². The molecule has 0 saturated carbocycles. The van der Waals surface area contributed by atoms with Crippen molar-refractivity contribution in [2.45, 2.75) is 19.1 Å². The molecule has 1 aliphatic heterocycles. The molecule has 1 unspecified atom stereocenters. The number of hydrogen-bond donors (Lipinski definition) is 1. The summed E-state index contributed by atoms with van der Waals surface area (Å²) < 4.78 is 5.33. The molecule has 0 spiro atoms. The highest BCUT2D eigenvalue weighted by Crippen LogP contribution is 2.28. The highest BCUT2D eigenvalue weighted by molar-refractivity contribution is 5.24. The van der Waals surface area contributed by atoms with Gasteiger partial charge >= 0.3 is 0 Å². The molecule has 0 radical (unpaired) electrons. The van der Waals surface area contributed by atoms with Crippen molar-refractivity contribution in [1.29, 1.82) is 0 Å². The number of hydrogen-bond acceptors (Lipinski definition) is 2. The lowest BCUT2D eigenvalue weighted by Crippen LogP contribution is -2.17. The third-order valence-corrected chi connectivity index (χ3v) is 2.23. The van der Waals surface area contributed by atoms with E-state index < -0.39 is 0 Å². The predicted octanol–water partition coefficient (Wildman–Crippen LogP) is 1.64. The fourth-order valence-electron chi connectivity index (χ4n) is 1.34. The van der Waals surface area contributed by atoms with Gasteiger partial charge in [-0.15, -0.1) is 0 Å². The molecule has 1 aromatic rings. The lowest BCUT2D eigenvalue weighted by Gasteiger charge is -2.26. The predicted molar refractivity (Wildman–Crippen MR) is 45.7 cm³/mol. The van der Waals surface area contributed by atoms with Crippen LogP contribution in [-0.4, -0.2) is 11.7 Å². The molecule has 0 bridgehead atoms. The Balaban J connectivity index is 2.13. The zero-order valence-electron chi connectivity index (χ0n) is 6.86. The van der Waals surface area contributed by atoms with Gasteiger partial charge in [-0.25, -0.2) is 0 Å². The molecular weight excluding hydrogens is 152 g/mol. The zero-order chi connectivity index (χ0) is 8.39. The fraction of sp³-hybridized carbons (Fsp3) is 0.400. The van der Waals surface area contributed by atoms with Crippen LogP contribution in [0.3, 0.4) is 0 Å². The Morgan fingerprint density at radius 3 is 2.42 bits per heavy atom. The third-order valence-electron chi connectivity index (χ3n) is 2.23. The summed E-state index contributed by atoms with van der Waals surface area (Å²) >= 11 is 0. The molecule has 1 heterocycles. The quantitative estimate of drug-likeness (QED) is 0.720. The molecule has 64 valence electrons. The van der Waals surface area contributed by atoms with Crippen LogP contribution >= 0.6 is 0 Å². The van der Waals surface area contributed by atoms with Crippen molar-refractivity contribution in [1.82, 2.24) is 0 Å². The van der Waals surface area contributed by atoms with Crippen molar-refractivity contribution in [3.63, 3.8) is 0 Å². The Bertz CT molecular complexity index is 249. The number of aliphatic hydroxyl groups excluding tert-OH is 1. The minimum Gasteiger partial charge on any atom is -0.392 e. The number of benzene rings is 1. The Labute approximate surface area is 71.8 Å². The molecule has 2 heteroatoms. The van der Waals surface area contributed by atoms with Crippen LogP contribution in [0, 0.1) is 0 Å². The van der Waals surface area contributed by atoms with E-state index >= 15 is 0 Å². The van der Waals surface area contributed by atoms with Gasteiger partial charge in [0.2, 0.25) is 0 Å². The average Bonchev–Trinajstić information content (AvgIpc) is 2.03. The largest absolute Gasteiger partial charge is 0.392 e. The van der Waals surface area contributed by atoms with Crippen LogP contribution in [0.4, 0.5) is 0 Å². The van der Waals surface area contributed by atoms with E-state index in [2.05, 4.69) is 0 Å². The summed E-state index contributed by atoms with van der Waals surface area (Å²) in [4.78, 5) is 0. The summed E-state index contributed by atoms with van der Waals surface area (Å²) in [6.07, 6.45) is 1.43. The van der Waals surface area contributed by atoms with Crippen LogP contribution in [0.5, 0.6) is 0 Å². The molecule has 0 aromatic heterocycles. The number of rotatable bonds is 2. The first kappa shape index (κ1) is 7.77. The van der Waals surface area contributed by atoms with Gasteiger partial charge in [0.15, 0.2) is 0 Å². The number of aliphatic hydroxyl groups is 1. The van der Waals surface area contributed by atoms with Crippen LogP contribution < -0.4 is 0 Å². The van der Waals surface area contributed by atoms with Crippen LogP contribution in [0.1, 0.15) is 23.7 Å². The monoisotopic (exact) mass is 164 g/mol. The van der Waals surface area contributed by atoms with Crippen molar-refractivity contribution in [3.8, 4) is 0 Å². The second-order valence-corrected chi connectivity index (χ2v) is 3.05. The van der Waals surface area contributed by atoms with Gasteiger partial charge < -0.3 is 9.84 Å². The van der Waals surface area contributed by atoms with E-state index in [-0.39, 0.29) is 6.61 Å². The molecule has 1 fully saturated rings. The summed E-state index contributed by atoms with van der Waals surface area (Å²) in [5.74, 6) is 0. The lowest BCUT2D eigenvalue weighted by atomic mass is 10.0. The van der Waals surface area contributed by atoms with Crippen molar-refractivity contribution >= 4 is 0 Å². The highest BCUT2D eigenvalue weighted by Gasteiger charge is 2.19. The smallest absolute Gasteiger partial charge is 0.0846 e. The molecule has 0 amide bonds. The maximum Gasteiger partial charge on any atom is 0.0846 e.